The topological polar surface area (TPSA) is 109 Å². The third-order valence-electron chi connectivity index (χ3n) is 8.60. The van der Waals surface area contributed by atoms with E-state index in [1.807, 2.05) is 20.8 Å². The number of pyridine rings is 2. The molecule has 0 aromatic carbocycles. The molecule has 2 N–H and O–H groups in total. The van der Waals surface area contributed by atoms with Crippen LogP contribution < -0.4 is 5.73 Å². The van der Waals surface area contributed by atoms with Gasteiger partial charge in [0.05, 0.1) is 39.9 Å². The van der Waals surface area contributed by atoms with Gasteiger partial charge in [-0.15, -0.1) is 11.3 Å². The van der Waals surface area contributed by atoms with Crippen molar-refractivity contribution < 1.29 is 27.6 Å². The molecule has 1 saturated carbocycles. The Bertz CT molecular complexity index is 1570. The minimum atomic E-state index is -4.72. The van der Waals surface area contributed by atoms with E-state index in [0.717, 1.165) is 6.07 Å². The molecule has 8 nitrogen and oxygen atoms in total. The molecule has 6 rings (SSSR count). The van der Waals surface area contributed by atoms with Gasteiger partial charge in [-0.2, -0.15) is 13.2 Å². The zero-order chi connectivity index (χ0) is 28.9. The van der Waals surface area contributed by atoms with Gasteiger partial charge in [-0.25, -0.2) is 4.98 Å². The van der Waals surface area contributed by atoms with Crippen LogP contribution in [0.15, 0.2) is 24.4 Å². The molecule has 3 aliphatic rings. The standard InChI is InChI=1S/C28H28F3N5O3S/c1-12-7-18(28(29,30)31)34-22(19(12)24(37)35-9-13(2)16(32)11-35)15-5-6-33-17-8-14(40-23(15)17)10-36-25(38)20-21(26(36)39)27(20,3)4/h5-8,13,16,20-21H,9-11,32H2,1-4H3. The number of likely N-dealkylation sites (tertiary alicyclic amines) is 2. The average Bonchev–Trinajstić information content (AvgIpc) is 3.17. The van der Waals surface area contributed by atoms with Crippen LogP contribution in [0, 0.1) is 30.1 Å². The van der Waals surface area contributed by atoms with Gasteiger partial charge in [0.2, 0.25) is 11.8 Å². The van der Waals surface area contributed by atoms with Crippen molar-refractivity contribution in [1.29, 1.82) is 0 Å². The average molecular weight is 572 g/mol. The number of nitrogens with two attached hydrogens (primary N) is 1. The van der Waals surface area contributed by atoms with Crippen LogP contribution >= 0.6 is 11.3 Å². The molecule has 40 heavy (non-hydrogen) atoms. The van der Waals surface area contributed by atoms with Crippen molar-refractivity contribution in [3.05, 3.63) is 46.1 Å². The number of hydrogen-bond donors (Lipinski definition) is 1. The van der Waals surface area contributed by atoms with Gasteiger partial charge in [0.1, 0.15) is 5.69 Å². The molecule has 0 radical (unpaired) electrons. The van der Waals surface area contributed by atoms with Crippen LogP contribution in [0.1, 0.15) is 47.3 Å². The van der Waals surface area contributed by atoms with Gasteiger partial charge in [-0.3, -0.25) is 24.3 Å². The van der Waals surface area contributed by atoms with E-state index in [1.54, 1.807) is 17.0 Å². The minimum Gasteiger partial charge on any atom is -0.337 e. The molecule has 12 heteroatoms. The highest BCUT2D eigenvalue weighted by molar-refractivity contribution is 7.19. The lowest BCUT2D eigenvalue weighted by atomic mass is 9.99. The molecule has 3 amide bonds. The van der Waals surface area contributed by atoms with Crippen molar-refractivity contribution in [2.24, 2.45) is 28.9 Å². The summed E-state index contributed by atoms with van der Waals surface area (Å²) in [6, 6.07) is 3.94. The van der Waals surface area contributed by atoms with Gasteiger partial charge < -0.3 is 10.6 Å². The van der Waals surface area contributed by atoms with E-state index in [9.17, 15) is 27.6 Å². The Morgan fingerprint density at radius 1 is 1.18 bits per heavy atom. The highest BCUT2D eigenvalue weighted by Crippen LogP contribution is 2.63. The number of amides is 3. The number of piperidine rings is 1. The monoisotopic (exact) mass is 571 g/mol. The van der Waals surface area contributed by atoms with Gasteiger partial charge in [0, 0.05) is 35.8 Å². The number of aryl methyl sites for hydroxylation is 1. The third kappa shape index (κ3) is 4.02. The molecule has 2 aliphatic heterocycles. The Balaban J connectivity index is 1.43. The number of carbonyl (C=O) groups excluding carboxylic acids is 3. The fourth-order valence-electron chi connectivity index (χ4n) is 6.17. The lowest BCUT2D eigenvalue weighted by Gasteiger charge is -2.21. The summed E-state index contributed by atoms with van der Waals surface area (Å²) >= 11 is 1.22. The van der Waals surface area contributed by atoms with Crippen LogP contribution in [0.4, 0.5) is 13.2 Å². The van der Waals surface area contributed by atoms with Gasteiger partial charge in [0.15, 0.2) is 0 Å². The number of hydrogen-bond acceptors (Lipinski definition) is 7. The van der Waals surface area contributed by atoms with Crippen molar-refractivity contribution in [2.75, 3.05) is 13.1 Å². The molecular formula is C28H28F3N5O3S. The first-order valence-corrected chi connectivity index (χ1v) is 13.9. The second-order valence-corrected chi connectivity index (χ2v) is 12.9. The fraction of sp³-hybridized carbons (Fsp3) is 0.464. The number of nitrogens with zero attached hydrogens (tertiary/aromatic N) is 4. The Labute approximate surface area is 232 Å². The van der Waals surface area contributed by atoms with E-state index in [1.165, 1.54) is 29.4 Å². The maximum Gasteiger partial charge on any atom is 0.433 e. The number of aromatic nitrogens is 2. The molecule has 210 valence electrons. The van der Waals surface area contributed by atoms with E-state index < -0.39 is 17.8 Å². The number of imide groups is 1. The molecular weight excluding hydrogens is 543 g/mol. The van der Waals surface area contributed by atoms with E-state index in [2.05, 4.69) is 9.97 Å². The lowest BCUT2D eigenvalue weighted by Crippen LogP contribution is -2.35. The summed E-state index contributed by atoms with van der Waals surface area (Å²) in [6.07, 6.45) is -3.26. The Morgan fingerprint density at radius 2 is 1.85 bits per heavy atom. The Hall–Kier alpha value is -3.38. The Morgan fingerprint density at radius 3 is 2.45 bits per heavy atom. The summed E-state index contributed by atoms with van der Waals surface area (Å²) in [4.78, 5) is 51.3. The number of carbonyl (C=O) groups is 3. The van der Waals surface area contributed by atoms with E-state index in [4.69, 9.17) is 5.73 Å². The molecule has 4 atom stereocenters. The number of alkyl halides is 3. The van der Waals surface area contributed by atoms with Crippen LogP contribution in [0.2, 0.25) is 0 Å². The summed E-state index contributed by atoms with van der Waals surface area (Å²) < 4.78 is 42.1. The lowest BCUT2D eigenvalue weighted by molar-refractivity contribution is -0.144. The minimum absolute atomic E-state index is 0.0511. The highest BCUT2D eigenvalue weighted by Gasteiger charge is 2.72. The molecule has 1 aliphatic carbocycles. The first-order chi connectivity index (χ1) is 18.7. The highest BCUT2D eigenvalue weighted by atomic mass is 32.1. The normalized spacial score (nSPS) is 25.7. The number of halogens is 3. The quantitative estimate of drug-likeness (QED) is 0.469. The maximum atomic E-state index is 13.9. The predicted octanol–water partition coefficient (Wildman–Crippen LogP) is 4.25. The van der Waals surface area contributed by atoms with Crippen molar-refractivity contribution in [3.8, 4) is 11.3 Å². The number of rotatable bonds is 4. The molecule has 5 heterocycles. The molecule has 3 aromatic heterocycles. The zero-order valence-corrected chi connectivity index (χ0v) is 23.2. The largest absolute Gasteiger partial charge is 0.433 e. The predicted molar refractivity (Wildman–Crippen MR) is 142 cm³/mol. The van der Waals surface area contributed by atoms with Crippen LogP contribution in [0.5, 0.6) is 0 Å². The van der Waals surface area contributed by atoms with Gasteiger partial charge in [-0.1, -0.05) is 20.8 Å². The van der Waals surface area contributed by atoms with Crippen molar-refractivity contribution in [3.63, 3.8) is 0 Å². The zero-order valence-electron chi connectivity index (χ0n) is 22.4. The Kier molecular flexibility index (Phi) is 5.91. The summed E-state index contributed by atoms with van der Waals surface area (Å²) in [7, 11) is 0. The van der Waals surface area contributed by atoms with Gasteiger partial charge in [-0.05, 0) is 42.0 Å². The number of fused-ring (bicyclic) bond motifs is 2. The fourth-order valence-corrected chi connectivity index (χ4v) is 7.28. The summed E-state index contributed by atoms with van der Waals surface area (Å²) in [6.45, 7) is 7.97. The third-order valence-corrected chi connectivity index (χ3v) is 9.74. The molecule has 0 spiro atoms. The van der Waals surface area contributed by atoms with Gasteiger partial charge >= 0.3 is 6.18 Å². The van der Waals surface area contributed by atoms with Gasteiger partial charge in [0.25, 0.3) is 5.91 Å². The molecule has 2 saturated heterocycles. The van der Waals surface area contributed by atoms with E-state index >= 15 is 0 Å². The second-order valence-electron chi connectivity index (χ2n) is 11.7. The van der Waals surface area contributed by atoms with Crippen LogP contribution in [0.3, 0.4) is 0 Å². The SMILES string of the molecule is Cc1cc(C(F)(F)F)nc(-c2ccnc3cc(CN4C(=O)C5C(C4=O)C5(C)C)sc23)c1C(=O)N1CC(C)C(N)C1. The van der Waals surface area contributed by atoms with E-state index in [-0.39, 0.29) is 64.4 Å². The second kappa shape index (κ2) is 8.81. The maximum absolute atomic E-state index is 13.9. The van der Waals surface area contributed by atoms with Crippen molar-refractivity contribution in [2.45, 2.75) is 46.5 Å². The van der Waals surface area contributed by atoms with Crippen LogP contribution in [-0.4, -0.2) is 56.6 Å². The van der Waals surface area contributed by atoms with Crippen molar-refractivity contribution >= 4 is 39.3 Å². The van der Waals surface area contributed by atoms with E-state index in [0.29, 0.717) is 33.7 Å². The molecule has 3 fully saturated rings. The first-order valence-electron chi connectivity index (χ1n) is 13.1. The summed E-state index contributed by atoms with van der Waals surface area (Å²) in [5.41, 5.74) is 5.68. The first kappa shape index (κ1) is 26.8. The van der Waals surface area contributed by atoms with Crippen molar-refractivity contribution in [1.82, 2.24) is 19.8 Å². The van der Waals surface area contributed by atoms with Crippen LogP contribution in [0.25, 0.3) is 21.5 Å². The number of thiophene rings is 1. The summed E-state index contributed by atoms with van der Waals surface area (Å²) in [5.74, 6) is -1.40. The molecule has 3 aromatic rings. The molecule has 4 unspecified atom stereocenters. The summed E-state index contributed by atoms with van der Waals surface area (Å²) in [5, 5.41) is 0. The molecule has 0 bridgehead atoms. The smallest absolute Gasteiger partial charge is 0.337 e. The van der Waals surface area contributed by atoms with Crippen LogP contribution in [-0.2, 0) is 22.3 Å².